The summed E-state index contributed by atoms with van der Waals surface area (Å²) in [6.07, 6.45) is 1.69. The van der Waals surface area contributed by atoms with Gasteiger partial charge in [0.1, 0.15) is 0 Å². The molecule has 0 amide bonds. The van der Waals surface area contributed by atoms with Gasteiger partial charge in [-0.15, -0.1) is 0 Å². The van der Waals surface area contributed by atoms with Crippen LogP contribution in [-0.4, -0.2) is 42.8 Å². The fourth-order valence-electron chi connectivity index (χ4n) is 2.01. The Bertz CT molecular complexity index is 457. The maximum absolute atomic E-state index is 12.1. The van der Waals surface area contributed by atoms with Gasteiger partial charge in [-0.1, -0.05) is 12.1 Å². The Morgan fingerprint density at radius 2 is 1.84 bits per heavy atom. The van der Waals surface area contributed by atoms with Crippen molar-refractivity contribution in [3.05, 3.63) is 35.0 Å². The summed E-state index contributed by atoms with van der Waals surface area (Å²) in [5.74, 6) is 0. The third-order valence-corrected chi connectivity index (χ3v) is 3.21. The number of hydrogen-bond acceptors (Lipinski definition) is 3. The van der Waals surface area contributed by atoms with E-state index in [-0.39, 0.29) is 0 Å². The van der Waals surface area contributed by atoms with Crippen LogP contribution >= 0.6 is 0 Å². The van der Waals surface area contributed by atoms with Crippen LogP contribution in [0.3, 0.4) is 0 Å². The molecule has 0 aromatic heterocycles. The summed E-state index contributed by atoms with van der Waals surface area (Å²) in [5.41, 5.74) is 1.66. The fraction of sp³-hybridized carbons (Fsp3) is 0.533. The minimum atomic E-state index is -0.419. The van der Waals surface area contributed by atoms with Crippen molar-refractivity contribution >= 4 is 11.9 Å². The number of hydroxylamine groups is 1. The van der Waals surface area contributed by atoms with Crippen molar-refractivity contribution in [3.8, 4) is 0 Å². The second-order valence-corrected chi connectivity index (χ2v) is 5.78. The van der Waals surface area contributed by atoms with Crippen molar-refractivity contribution in [1.29, 1.82) is 0 Å². The summed E-state index contributed by atoms with van der Waals surface area (Å²) in [6.45, 7) is 8.97. The number of anilines is 1. The quantitative estimate of drug-likeness (QED) is 0.355. The topological polar surface area (TPSA) is 38.5 Å². The van der Waals surface area contributed by atoms with Gasteiger partial charge in [-0.05, 0) is 12.1 Å². The van der Waals surface area contributed by atoms with Gasteiger partial charge in [0, 0.05) is 33.9 Å². The Morgan fingerprint density at radius 3 is 2.47 bits per heavy atom. The van der Waals surface area contributed by atoms with Crippen molar-refractivity contribution in [3.63, 3.8) is 0 Å². The SMILES string of the molecule is CC(C)(C)/[N+]([O-])=C/c1ccccc1N1CCOCC1. The van der Waals surface area contributed by atoms with Gasteiger partial charge in [0.2, 0.25) is 0 Å². The first-order valence-corrected chi connectivity index (χ1v) is 6.71. The monoisotopic (exact) mass is 262 g/mol. The van der Waals surface area contributed by atoms with Gasteiger partial charge in [-0.3, -0.25) is 0 Å². The highest BCUT2D eigenvalue weighted by Crippen LogP contribution is 2.20. The number of benzene rings is 1. The van der Waals surface area contributed by atoms with E-state index >= 15 is 0 Å². The highest BCUT2D eigenvalue weighted by atomic mass is 16.5. The van der Waals surface area contributed by atoms with Crippen LogP contribution in [0.4, 0.5) is 5.69 Å². The van der Waals surface area contributed by atoms with E-state index < -0.39 is 5.54 Å². The molecule has 104 valence electrons. The van der Waals surface area contributed by atoms with Crippen LogP contribution in [-0.2, 0) is 4.74 Å². The lowest BCUT2D eigenvalue weighted by Crippen LogP contribution is -2.37. The molecule has 1 aromatic rings. The molecule has 1 saturated heterocycles. The number of rotatable bonds is 2. The van der Waals surface area contributed by atoms with Crippen LogP contribution in [0.2, 0.25) is 0 Å². The van der Waals surface area contributed by atoms with Crippen molar-refractivity contribution in [2.75, 3.05) is 31.2 Å². The predicted octanol–water partition coefficient (Wildman–Crippen LogP) is 2.25. The summed E-state index contributed by atoms with van der Waals surface area (Å²) in [6, 6.07) is 8.02. The number of para-hydroxylation sites is 1. The second kappa shape index (κ2) is 5.61. The molecule has 0 aliphatic carbocycles. The van der Waals surface area contributed by atoms with E-state index in [1.165, 1.54) is 0 Å². The molecule has 4 heteroatoms. The molecule has 0 radical (unpaired) electrons. The van der Waals surface area contributed by atoms with Gasteiger partial charge < -0.3 is 14.8 Å². The number of morpholine rings is 1. The molecule has 0 spiro atoms. The lowest BCUT2D eigenvalue weighted by atomic mass is 10.1. The third kappa shape index (κ3) is 3.47. The fourth-order valence-corrected chi connectivity index (χ4v) is 2.01. The molecule has 1 aromatic carbocycles. The van der Waals surface area contributed by atoms with Crippen molar-refractivity contribution in [1.82, 2.24) is 0 Å². The summed E-state index contributed by atoms with van der Waals surface area (Å²) in [5, 5.41) is 12.1. The smallest absolute Gasteiger partial charge is 0.184 e. The lowest BCUT2D eigenvalue weighted by molar-refractivity contribution is -0.530. The van der Waals surface area contributed by atoms with Gasteiger partial charge in [0.15, 0.2) is 11.8 Å². The zero-order valence-electron chi connectivity index (χ0n) is 11.9. The molecule has 1 aliphatic heterocycles. The van der Waals surface area contributed by atoms with E-state index in [1.54, 1.807) is 6.21 Å². The average Bonchev–Trinajstić information content (AvgIpc) is 2.39. The molecule has 19 heavy (non-hydrogen) atoms. The number of ether oxygens (including phenoxy) is 1. The summed E-state index contributed by atoms with van der Waals surface area (Å²) in [7, 11) is 0. The first kappa shape index (κ1) is 13.9. The molecule has 1 heterocycles. The highest BCUT2D eigenvalue weighted by molar-refractivity contribution is 5.85. The maximum atomic E-state index is 12.1. The maximum Gasteiger partial charge on any atom is 0.184 e. The normalized spacial score (nSPS) is 17.6. The predicted molar refractivity (Wildman–Crippen MR) is 78.0 cm³/mol. The van der Waals surface area contributed by atoms with E-state index in [1.807, 2.05) is 39.0 Å². The first-order chi connectivity index (χ1) is 8.98. The Balaban J connectivity index is 2.30. The molecule has 0 bridgehead atoms. The largest absolute Gasteiger partial charge is 0.623 e. The zero-order chi connectivity index (χ0) is 13.9. The molecule has 0 atom stereocenters. The summed E-state index contributed by atoms with van der Waals surface area (Å²) < 4.78 is 6.39. The number of hydrogen-bond donors (Lipinski definition) is 0. The molecule has 0 unspecified atom stereocenters. The first-order valence-electron chi connectivity index (χ1n) is 6.71. The zero-order valence-corrected chi connectivity index (χ0v) is 11.9. The minimum Gasteiger partial charge on any atom is -0.623 e. The van der Waals surface area contributed by atoms with Gasteiger partial charge in [-0.2, -0.15) is 0 Å². The van der Waals surface area contributed by atoms with Gasteiger partial charge in [0.05, 0.1) is 24.5 Å². The molecule has 2 rings (SSSR count). The Hall–Kier alpha value is -1.55. The van der Waals surface area contributed by atoms with Crippen LogP contribution in [0, 0.1) is 5.21 Å². The molecule has 4 nitrogen and oxygen atoms in total. The van der Waals surface area contributed by atoms with E-state index in [0.29, 0.717) is 0 Å². The van der Waals surface area contributed by atoms with Crippen LogP contribution in [0.1, 0.15) is 26.3 Å². The van der Waals surface area contributed by atoms with E-state index in [4.69, 9.17) is 4.74 Å². The van der Waals surface area contributed by atoms with Crippen LogP contribution in [0.15, 0.2) is 24.3 Å². The van der Waals surface area contributed by atoms with Crippen LogP contribution in [0.5, 0.6) is 0 Å². The molecule has 1 aliphatic rings. The van der Waals surface area contributed by atoms with Crippen LogP contribution < -0.4 is 4.90 Å². The Labute approximate surface area is 114 Å². The third-order valence-electron chi connectivity index (χ3n) is 3.21. The molecule has 0 N–H and O–H groups in total. The van der Waals surface area contributed by atoms with E-state index in [9.17, 15) is 5.21 Å². The second-order valence-electron chi connectivity index (χ2n) is 5.78. The summed E-state index contributed by atoms with van der Waals surface area (Å²) >= 11 is 0. The van der Waals surface area contributed by atoms with Gasteiger partial charge in [0.25, 0.3) is 0 Å². The Morgan fingerprint density at radius 1 is 1.21 bits per heavy atom. The standard InChI is InChI=1S/C15H22N2O2/c1-15(2,3)17(18)12-13-6-4-5-7-14(13)16-8-10-19-11-9-16/h4-7,12H,8-11H2,1-3H3/b17-12-. The average molecular weight is 262 g/mol. The van der Waals surface area contributed by atoms with Gasteiger partial charge >= 0.3 is 0 Å². The minimum absolute atomic E-state index is 0.419. The van der Waals surface area contributed by atoms with Crippen molar-refractivity contribution < 1.29 is 9.48 Å². The Kier molecular flexibility index (Phi) is 4.10. The molecular formula is C15H22N2O2. The number of nitrogens with zero attached hydrogens (tertiary/aromatic N) is 2. The summed E-state index contributed by atoms with van der Waals surface area (Å²) in [4.78, 5) is 2.27. The van der Waals surface area contributed by atoms with E-state index in [2.05, 4.69) is 11.0 Å². The molecular weight excluding hydrogens is 240 g/mol. The van der Waals surface area contributed by atoms with Crippen molar-refractivity contribution in [2.24, 2.45) is 0 Å². The van der Waals surface area contributed by atoms with Crippen LogP contribution in [0.25, 0.3) is 0 Å². The highest BCUT2D eigenvalue weighted by Gasteiger charge is 2.20. The van der Waals surface area contributed by atoms with Gasteiger partial charge in [-0.25, -0.2) is 4.74 Å². The van der Waals surface area contributed by atoms with E-state index in [0.717, 1.165) is 42.3 Å². The van der Waals surface area contributed by atoms with Crippen molar-refractivity contribution in [2.45, 2.75) is 26.3 Å². The molecule has 0 saturated carbocycles. The molecule has 1 fully saturated rings. The lowest BCUT2D eigenvalue weighted by Gasteiger charge is -2.30.